The Balaban J connectivity index is 0.00000149. The molecule has 0 amide bonds. The molecular formula is C27H36O6. The van der Waals surface area contributed by atoms with Crippen molar-refractivity contribution < 1.29 is 29.2 Å². The van der Waals surface area contributed by atoms with Crippen LogP contribution in [0, 0.1) is 13.8 Å². The standard InChI is InChI=1S/C25H32O6.C2H4/c1-4-5-20-22-23(31-24(28-20)17-10-6-15(2)7-11-17)21(19(27)14-26)29-25(30-22)18-12-8-16(3)9-13-18;1-2/h6-13,19-27H,4-5,14H2,1-3H3;1-2H2. The van der Waals surface area contributed by atoms with Gasteiger partial charge in [-0.25, -0.2) is 0 Å². The Morgan fingerprint density at radius 1 is 0.788 bits per heavy atom. The molecule has 2 heterocycles. The van der Waals surface area contributed by atoms with E-state index in [1.165, 1.54) is 0 Å². The largest absolute Gasteiger partial charge is 0.394 e. The summed E-state index contributed by atoms with van der Waals surface area (Å²) in [7, 11) is 0. The second-order valence-corrected chi connectivity index (χ2v) is 8.50. The molecule has 2 aliphatic rings. The lowest BCUT2D eigenvalue weighted by atomic mass is 9.93. The molecule has 6 heteroatoms. The maximum atomic E-state index is 10.6. The van der Waals surface area contributed by atoms with Gasteiger partial charge in [0.25, 0.3) is 0 Å². The molecule has 7 atom stereocenters. The third-order valence-corrected chi connectivity index (χ3v) is 5.99. The summed E-state index contributed by atoms with van der Waals surface area (Å²) in [6.07, 6.45) is -2.61. The highest BCUT2D eigenvalue weighted by atomic mass is 16.8. The van der Waals surface area contributed by atoms with Crippen LogP contribution >= 0.6 is 0 Å². The molecule has 2 aliphatic heterocycles. The van der Waals surface area contributed by atoms with Gasteiger partial charge in [-0.15, -0.1) is 13.2 Å². The van der Waals surface area contributed by atoms with Crippen molar-refractivity contribution in [3.8, 4) is 0 Å². The zero-order valence-electron chi connectivity index (χ0n) is 19.7. The predicted molar refractivity (Wildman–Crippen MR) is 127 cm³/mol. The molecule has 2 aromatic rings. The highest BCUT2D eigenvalue weighted by molar-refractivity contribution is 5.24. The fourth-order valence-electron chi connectivity index (χ4n) is 4.22. The molecule has 180 valence electrons. The van der Waals surface area contributed by atoms with E-state index in [4.69, 9.17) is 18.9 Å². The van der Waals surface area contributed by atoms with Gasteiger partial charge in [0.15, 0.2) is 12.6 Å². The van der Waals surface area contributed by atoms with Crippen LogP contribution in [0.3, 0.4) is 0 Å². The first-order valence-corrected chi connectivity index (χ1v) is 11.5. The van der Waals surface area contributed by atoms with E-state index in [1.807, 2.05) is 62.4 Å². The minimum absolute atomic E-state index is 0.222. The van der Waals surface area contributed by atoms with Crippen molar-refractivity contribution >= 4 is 0 Å². The maximum Gasteiger partial charge on any atom is 0.184 e. The third-order valence-electron chi connectivity index (χ3n) is 5.99. The monoisotopic (exact) mass is 456 g/mol. The van der Waals surface area contributed by atoms with Gasteiger partial charge in [-0.1, -0.05) is 73.0 Å². The number of aryl methyl sites for hydroxylation is 2. The van der Waals surface area contributed by atoms with Crippen LogP contribution in [0.2, 0.25) is 0 Å². The van der Waals surface area contributed by atoms with Crippen LogP contribution in [0.5, 0.6) is 0 Å². The molecule has 2 aromatic carbocycles. The topological polar surface area (TPSA) is 77.4 Å². The van der Waals surface area contributed by atoms with Crippen LogP contribution in [0.1, 0.15) is 54.6 Å². The average Bonchev–Trinajstić information content (AvgIpc) is 2.85. The van der Waals surface area contributed by atoms with Crippen LogP contribution in [-0.2, 0) is 18.9 Å². The molecule has 2 fully saturated rings. The molecule has 7 unspecified atom stereocenters. The van der Waals surface area contributed by atoms with Crippen molar-refractivity contribution in [3.63, 3.8) is 0 Å². The van der Waals surface area contributed by atoms with E-state index in [0.29, 0.717) is 0 Å². The van der Waals surface area contributed by atoms with Crippen LogP contribution in [0.25, 0.3) is 0 Å². The summed E-state index contributed by atoms with van der Waals surface area (Å²) < 4.78 is 25.1. The number of aliphatic hydroxyl groups is 2. The van der Waals surface area contributed by atoms with Gasteiger partial charge >= 0.3 is 0 Å². The van der Waals surface area contributed by atoms with E-state index < -0.39 is 43.6 Å². The Kier molecular flexibility index (Phi) is 9.20. The summed E-state index contributed by atoms with van der Waals surface area (Å²) in [4.78, 5) is 0. The molecular weight excluding hydrogens is 420 g/mol. The zero-order valence-corrected chi connectivity index (χ0v) is 19.7. The van der Waals surface area contributed by atoms with Crippen molar-refractivity contribution in [1.29, 1.82) is 0 Å². The van der Waals surface area contributed by atoms with Crippen molar-refractivity contribution in [1.82, 2.24) is 0 Å². The van der Waals surface area contributed by atoms with Crippen molar-refractivity contribution in [2.75, 3.05) is 6.61 Å². The summed E-state index contributed by atoms with van der Waals surface area (Å²) in [6, 6.07) is 15.9. The summed E-state index contributed by atoms with van der Waals surface area (Å²) in [5.41, 5.74) is 4.05. The fourth-order valence-corrected chi connectivity index (χ4v) is 4.22. The first-order valence-electron chi connectivity index (χ1n) is 11.5. The third kappa shape index (κ3) is 5.90. The predicted octanol–water partition coefficient (Wildman–Crippen LogP) is 4.52. The van der Waals surface area contributed by atoms with Crippen molar-refractivity contribution in [3.05, 3.63) is 83.9 Å². The van der Waals surface area contributed by atoms with E-state index in [-0.39, 0.29) is 6.10 Å². The van der Waals surface area contributed by atoms with E-state index in [2.05, 4.69) is 20.1 Å². The number of ether oxygens (including phenoxy) is 4. The van der Waals surface area contributed by atoms with Crippen molar-refractivity contribution in [2.45, 2.75) is 76.7 Å². The van der Waals surface area contributed by atoms with Gasteiger partial charge in [-0.2, -0.15) is 0 Å². The Bertz CT molecular complexity index is 852. The number of fused-ring (bicyclic) bond motifs is 1. The lowest BCUT2D eigenvalue weighted by molar-refractivity contribution is -0.391. The van der Waals surface area contributed by atoms with Gasteiger partial charge < -0.3 is 29.2 Å². The highest BCUT2D eigenvalue weighted by Gasteiger charge is 2.51. The first kappa shape index (κ1) is 25.6. The fraction of sp³-hybridized carbons (Fsp3) is 0.481. The van der Waals surface area contributed by atoms with E-state index >= 15 is 0 Å². The van der Waals surface area contributed by atoms with Gasteiger partial charge in [0.05, 0.1) is 12.7 Å². The molecule has 33 heavy (non-hydrogen) atoms. The average molecular weight is 457 g/mol. The molecule has 0 radical (unpaired) electrons. The number of rotatable bonds is 6. The van der Waals surface area contributed by atoms with E-state index in [1.54, 1.807) is 0 Å². The van der Waals surface area contributed by atoms with Crippen LogP contribution in [0.15, 0.2) is 61.7 Å². The van der Waals surface area contributed by atoms with Gasteiger partial charge in [0, 0.05) is 11.1 Å². The molecule has 0 saturated carbocycles. The summed E-state index contributed by atoms with van der Waals surface area (Å²) in [6.45, 7) is 11.7. The first-order chi connectivity index (χ1) is 16.0. The van der Waals surface area contributed by atoms with Gasteiger partial charge in [-0.05, 0) is 20.3 Å². The molecule has 2 saturated heterocycles. The molecule has 2 N–H and O–H groups in total. The zero-order chi connectivity index (χ0) is 24.0. The second kappa shape index (κ2) is 11.9. The maximum absolute atomic E-state index is 10.6. The minimum Gasteiger partial charge on any atom is -0.394 e. The second-order valence-electron chi connectivity index (χ2n) is 8.50. The van der Waals surface area contributed by atoms with E-state index in [0.717, 1.165) is 35.1 Å². The van der Waals surface area contributed by atoms with Crippen molar-refractivity contribution in [2.24, 2.45) is 0 Å². The Hall–Kier alpha value is -2.06. The SMILES string of the molecule is C=C.CCCC1OC(c2ccc(C)cc2)OC2C(C(O)CO)OC(c3ccc(C)cc3)OC12. The minimum atomic E-state index is -1.09. The molecule has 0 aliphatic carbocycles. The summed E-state index contributed by atoms with van der Waals surface area (Å²) in [5, 5.41) is 20.3. The Labute approximate surface area is 196 Å². The molecule has 0 bridgehead atoms. The number of hydrogen-bond donors (Lipinski definition) is 2. The summed E-state index contributed by atoms with van der Waals surface area (Å²) in [5.74, 6) is 0. The lowest BCUT2D eigenvalue weighted by Gasteiger charge is -2.50. The number of aliphatic hydroxyl groups excluding tert-OH is 2. The quantitative estimate of drug-likeness (QED) is 0.622. The Morgan fingerprint density at radius 3 is 1.76 bits per heavy atom. The highest BCUT2D eigenvalue weighted by Crippen LogP contribution is 2.42. The van der Waals surface area contributed by atoms with Crippen LogP contribution in [0.4, 0.5) is 0 Å². The van der Waals surface area contributed by atoms with Gasteiger partial charge in [-0.3, -0.25) is 0 Å². The van der Waals surface area contributed by atoms with Crippen LogP contribution in [-0.4, -0.2) is 47.3 Å². The summed E-state index contributed by atoms with van der Waals surface area (Å²) >= 11 is 0. The lowest BCUT2D eigenvalue weighted by Crippen LogP contribution is -2.61. The molecule has 4 rings (SSSR count). The number of benzene rings is 2. The Morgan fingerprint density at radius 2 is 1.27 bits per heavy atom. The van der Waals surface area contributed by atoms with Crippen LogP contribution < -0.4 is 0 Å². The molecule has 0 spiro atoms. The number of hydrogen-bond acceptors (Lipinski definition) is 6. The molecule has 0 aromatic heterocycles. The molecule has 6 nitrogen and oxygen atoms in total. The normalized spacial score (nSPS) is 30.0. The van der Waals surface area contributed by atoms with Gasteiger partial charge in [0.1, 0.15) is 24.4 Å². The smallest absolute Gasteiger partial charge is 0.184 e. The van der Waals surface area contributed by atoms with E-state index in [9.17, 15) is 10.2 Å². The van der Waals surface area contributed by atoms with Gasteiger partial charge in [0.2, 0.25) is 0 Å².